The average Bonchev–Trinajstić information content (AvgIpc) is 2.27. The molecule has 0 aromatic heterocycles. The van der Waals surface area contributed by atoms with Crippen molar-refractivity contribution >= 4 is 5.91 Å². The summed E-state index contributed by atoms with van der Waals surface area (Å²) in [7, 11) is 2.04. The van der Waals surface area contributed by atoms with Crippen LogP contribution in [0.15, 0.2) is 0 Å². The largest absolute Gasteiger partial charge is 0.355 e. The third-order valence-corrected chi connectivity index (χ3v) is 3.01. The van der Waals surface area contributed by atoms with Gasteiger partial charge < -0.3 is 10.6 Å². The van der Waals surface area contributed by atoms with Crippen LogP contribution in [0, 0.1) is 5.92 Å². The number of piperidine rings is 1. The van der Waals surface area contributed by atoms with Crippen LogP contribution in [0.5, 0.6) is 0 Å². The Morgan fingerprint density at radius 3 is 2.75 bits per heavy atom. The summed E-state index contributed by atoms with van der Waals surface area (Å²) >= 11 is 0. The SMILES string of the molecule is CCCNC(=O)CN(C)CC1CCNCC1. The van der Waals surface area contributed by atoms with Gasteiger partial charge in [0.05, 0.1) is 6.54 Å². The van der Waals surface area contributed by atoms with E-state index in [9.17, 15) is 4.79 Å². The highest BCUT2D eigenvalue weighted by Gasteiger charge is 2.16. The standard InChI is InChI=1S/C12H25N3O/c1-3-6-14-12(16)10-15(2)9-11-4-7-13-8-5-11/h11,13H,3-10H2,1-2H3,(H,14,16). The van der Waals surface area contributed by atoms with E-state index in [4.69, 9.17) is 0 Å². The first-order valence-corrected chi connectivity index (χ1v) is 6.38. The molecule has 0 unspecified atom stereocenters. The van der Waals surface area contributed by atoms with E-state index in [1.807, 2.05) is 7.05 Å². The molecule has 0 spiro atoms. The van der Waals surface area contributed by atoms with Crippen molar-refractivity contribution in [3.05, 3.63) is 0 Å². The quantitative estimate of drug-likeness (QED) is 0.692. The minimum Gasteiger partial charge on any atom is -0.355 e. The smallest absolute Gasteiger partial charge is 0.234 e. The van der Waals surface area contributed by atoms with Crippen molar-refractivity contribution in [3.8, 4) is 0 Å². The zero-order valence-corrected chi connectivity index (χ0v) is 10.6. The van der Waals surface area contributed by atoms with Crippen LogP contribution >= 0.6 is 0 Å². The Hall–Kier alpha value is -0.610. The van der Waals surface area contributed by atoms with Crippen LogP contribution in [0.1, 0.15) is 26.2 Å². The summed E-state index contributed by atoms with van der Waals surface area (Å²) < 4.78 is 0. The van der Waals surface area contributed by atoms with Gasteiger partial charge in [0.25, 0.3) is 0 Å². The van der Waals surface area contributed by atoms with Gasteiger partial charge in [-0.1, -0.05) is 6.92 Å². The molecule has 16 heavy (non-hydrogen) atoms. The van der Waals surface area contributed by atoms with Gasteiger partial charge in [-0.2, -0.15) is 0 Å². The summed E-state index contributed by atoms with van der Waals surface area (Å²) in [6.07, 6.45) is 3.48. The van der Waals surface area contributed by atoms with Gasteiger partial charge in [-0.15, -0.1) is 0 Å². The molecule has 4 nitrogen and oxygen atoms in total. The van der Waals surface area contributed by atoms with E-state index in [1.165, 1.54) is 12.8 Å². The van der Waals surface area contributed by atoms with Crippen molar-refractivity contribution in [2.45, 2.75) is 26.2 Å². The molecule has 1 amide bonds. The maximum absolute atomic E-state index is 11.5. The van der Waals surface area contributed by atoms with Crippen molar-refractivity contribution in [2.24, 2.45) is 5.92 Å². The second-order valence-corrected chi connectivity index (χ2v) is 4.74. The van der Waals surface area contributed by atoms with E-state index in [0.29, 0.717) is 6.54 Å². The molecule has 0 atom stereocenters. The number of amides is 1. The zero-order chi connectivity index (χ0) is 11.8. The van der Waals surface area contributed by atoms with Gasteiger partial charge in [0.1, 0.15) is 0 Å². The second-order valence-electron chi connectivity index (χ2n) is 4.74. The van der Waals surface area contributed by atoms with E-state index in [0.717, 1.165) is 38.5 Å². The topological polar surface area (TPSA) is 44.4 Å². The van der Waals surface area contributed by atoms with Gasteiger partial charge in [0.2, 0.25) is 5.91 Å². The second kappa shape index (κ2) is 7.63. The van der Waals surface area contributed by atoms with Crippen molar-refractivity contribution in [3.63, 3.8) is 0 Å². The predicted octanol–water partition coefficient (Wildman–Crippen LogP) is 0.444. The number of hydrogen-bond donors (Lipinski definition) is 2. The molecule has 0 radical (unpaired) electrons. The van der Waals surface area contributed by atoms with Crippen molar-refractivity contribution in [2.75, 3.05) is 39.8 Å². The van der Waals surface area contributed by atoms with Gasteiger partial charge >= 0.3 is 0 Å². The molecule has 1 aliphatic heterocycles. The van der Waals surface area contributed by atoms with Crippen LogP contribution in [0.4, 0.5) is 0 Å². The fourth-order valence-corrected chi connectivity index (χ4v) is 2.14. The van der Waals surface area contributed by atoms with Crippen molar-refractivity contribution in [1.29, 1.82) is 0 Å². The highest BCUT2D eigenvalue weighted by atomic mass is 16.2. The molecule has 0 bridgehead atoms. The molecule has 1 heterocycles. The lowest BCUT2D eigenvalue weighted by Crippen LogP contribution is -2.39. The Morgan fingerprint density at radius 2 is 2.12 bits per heavy atom. The maximum atomic E-state index is 11.5. The van der Waals surface area contributed by atoms with Gasteiger partial charge in [-0.05, 0) is 45.3 Å². The molecular formula is C12H25N3O. The molecular weight excluding hydrogens is 202 g/mol. The summed E-state index contributed by atoms with van der Waals surface area (Å²) in [6.45, 7) is 6.69. The van der Waals surface area contributed by atoms with Gasteiger partial charge in [-0.25, -0.2) is 0 Å². The summed E-state index contributed by atoms with van der Waals surface area (Å²) in [5.41, 5.74) is 0. The molecule has 1 fully saturated rings. The van der Waals surface area contributed by atoms with E-state index in [2.05, 4.69) is 22.5 Å². The average molecular weight is 227 g/mol. The summed E-state index contributed by atoms with van der Waals surface area (Å²) in [5.74, 6) is 0.906. The number of carbonyl (C=O) groups is 1. The third kappa shape index (κ3) is 5.47. The number of hydrogen-bond acceptors (Lipinski definition) is 3. The molecule has 4 heteroatoms. The molecule has 1 rings (SSSR count). The van der Waals surface area contributed by atoms with E-state index in [1.54, 1.807) is 0 Å². The van der Waals surface area contributed by atoms with Crippen LogP contribution in [0.2, 0.25) is 0 Å². The number of rotatable bonds is 6. The Labute approximate surface area is 98.8 Å². The number of carbonyl (C=O) groups excluding carboxylic acids is 1. The molecule has 0 aliphatic carbocycles. The zero-order valence-electron chi connectivity index (χ0n) is 10.6. The molecule has 1 saturated heterocycles. The Morgan fingerprint density at radius 1 is 1.44 bits per heavy atom. The van der Waals surface area contributed by atoms with Crippen LogP contribution in [0.3, 0.4) is 0 Å². The van der Waals surface area contributed by atoms with Gasteiger partial charge in [0, 0.05) is 13.1 Å². The van der Waals surface area contributed by atoms with Crippen molar-refractivity contribution in [1.82, 2.24) is 15.5 Å². The minimum absolute atomic E-state index is 0.151. The third-order valence-electron chi connectivity index (χ3n) is 3.01. The first-order valence-electron chi connectivity index (χ1n) is 6.38. The number of likely N-dealkylation sites (N-methyl/N-ethyl adjacent to an activating group) is 1. The predicted molar refractivity (Wildman–Crippen MR) is 66.4 cm³/mol. The lowest BCUT2D eigenvalue weighted by Gasteiger charge is -2.27. The first kappa shape index (κ1) is 13.5. The minimum atomic E-state index is 0.151. The lowest BCUT2D eigenvalue weighted by atomic mass is 9.98. The van der Waals surface area contributed by atoms with E-state index in [-0.39, 0.29) is 5.91 Å². The lowest BCUT2D eigenvalue weighted by molar-refractivity contribution is -0.122. The molecule has 0 aromatic rings. The van der Waals surface area contributed by atoms with E-state index < -0.39 is 0 Å². The fourth-order valence-electron chi connectivity index (χ4n) is 2.14. The molecule has 2 N–H and O–H groups in total. The van der Waals surface area contributed by atoms with Crippen LogP contribution in [0.25, 0.3) is 0 Å². The summed E-state index contributed by atoms with van der Waals surface area (Å²) in [4.78, 5) is 13.6. The molecule has 0 saturated carbocycles. The molecule has 94 valence electrons. The first-order chi connectivity index (χ1) is 7.72. The Balaban J connectivity index is 2.13. The maximum Gasteiger partial charge on any atom is 0.234 e. The molecule has 0 aromatic carbocycles. The highest BCUT2D eigenvalue weighted by Crippen LogP contribution is 2.12. The summed E-state index contributed by atoms with van der Waals surface area (Å²) in [5, 5.41) is 6.27. The fraction of sp³-hybridized carbons (Fsp3) is 0.917. The highest BCUT2D eigenvalue weighted by molar-refractivity contribution is 5.77. The normalized spacial score (nSPS) is 17.7. The Bertz CT molecular complexity index is 202. The number of nitrogens with one attached hydrogen (secondary N) is 2. The van der Waals surface area contributed by atoms with Crippen LogP contribution in [-0.4, -0.2) is 50.6 Å². The van der Waals surface area contributed by atoms with Gasteiger partial charge in [0.15, 0.2) is 0 Å². The van der Waals surface area contributed by atoms with E-state index >= 15 is 0 Å². The van der Waals surface area contributed by atoms with Crippen LogP contribution < -0.4 is 10.6 Å². The monoisotopic (exact) mass is 227 g/mol. The van der Waals surface area contributed by atoms with Crippen LogP contribution in [-0.2, 0) is 4.79 Å². The van der Waals surface area contributed by atoms with Crippen molar-refractivity contribution < 1.29 is 4.79 Å². The molecule has 1 aliphatic rings. The Kier molecular flexibility index (Phi) is 6.42. The van der Waals surface area contributed by atoms with Gasteiger partial charge in [-0.3, -0.25) is 9.69 Å². The summed E-state index contributed by atoms with van der Waals surface area (Å²) in [6, 6.07) is 0. The number of nitrogens with zero attached hydrogens (tertiary/aromatic N) is 1.